The molecule has 1 aliphatic rings. The Hall–Kier alpha value is -3.13. The Morgan fingerprint density at radius 3 is 2.52 bits per heavy atom. The van der Waals surface area contributed by atoms with Crippen molar-refractivity contribution >= 4 is 28.7 Å². The summed E-state index contributed by atoms with van der Waals surface area (Å²) in [6.07, 6.45) is -0.274. The molecule has 0 spiro atoms. The summed E-state index contributed by atoms with van der Waals surface area (Å²) < 4.78 is 4.66. The first kappa shape index (κ1) is 12.9. The van der Waals surface area contributed by atoms with Crippen molar-refractivity contribution in [3.63, 3.8) is 0 Å². The highest BCUT2D eigenvalue weighted by Crippen LogP contribution is 2.30. The van der Waals surface area contributed by atoms with Crippen LogP contribution in [0.3, 0.4) is 0 Å². The predicted octanol–water partition coefficient (Wildman–Crippen LogP) is 1.98. The number of carbonyl (C=O) groups excluding carboxylic acids is 2. The van der Waals surface area contributed by atoms with Gasteiger partial charge in [0.2, 0.25) is 0 Å². The number of hydrogen-bond acceptors (Lipinski definition) is 4. The van der Waals surface area contributed by atoms with E-state index in [0.29, 0.717) is 27.5 Å². The van der Waals surface area contributed by atoms with Crippen molar-refractivity contribution in [1.29, 1.82) is 0 Å². The Morgan fingerprint density at radius 2 is 1.81 bits per heavy atom. The Kier molecular flexibility index (Phi) is 2.92. The van der Waals surface area contributed by atoms with Crippen LogP contribution in [0, 0.1) is 11.8 Å². The maximum Gasteiger partial charge on any atom is 0.346 e. The molecule has 0 radical (unpaired) electrons. The van der Waals surface area contributed by atoms with Crippen molar-refractivity contribution in [3.05, 3.63) is 47.0 Å². The van der Waals surface area contributed by atoms with Gasteiger partial charge in [-0.2, -0.15) is 0 Å². The standard InChI is InChI=1S/C16H8O5/c17-13(18)6-1-3-9-7-8-12-14-10(9)4-2-5-11(14)15(19)21-16(12)20/h2,4-5,7-8H,6H2,(H,17,18). The van der Waals surface area contributed by atoms with Gasteiger partial charge in [-0.25, -0.2) is 9.59 Å². The average Bonchev–Trinajstić information content (AvgIpc) is 2.45. The number of carbonyl (C=O) groups is 3. The number of benzene rings is 2. The van der Waals surface area contributed by atoms with E-state index in [1.54, 1.807) is 24.3 Å². The minimum absolute atomic E-state index is 0.274. The summed E-state index contributed by atoms with van der Waals surface area (Å²) in [6, 6.07) is 8.13. The Bertz CT molecular complexity index is 847. The fraction of sp³-hybridized carbons (Fsp3) is 0.0625. The quantitative estimate of drug-likeness (QED) is 0.490. The zero-order valence-electron chi connectivity index (χ0n) is 10.7. The molecule has 0 bridgehead atoms. The Balaban J connectivity index is 2.25. The smallest absolute Gasteiger partial charge is 0.346 e. The zero-order chi connectivity index (χ0) is 15.0. The van der Waals surface area contributed by atoms with E-state index in [9.17, 15) is 14.4 Å². The molecule has 21 heavy (non-hydrogen) atoms. The number of esters is 2. The highest BCUT2D eigenvalue weighted by molar-refractivity contribution is 6.21. The lowest BCUT2D eigenvalue weighted by Gasteiger charge is -2.15. The van der Waals surface area contributed by atoms with Gasteiger partial charge in [-0.1, -0.05) is 24.0 Å². The minimum Gasteiger partial charge on any atom is -0.481 e. The number of aliphatic carboxylic acids is 1. The summed E-state index contributed by atoms with van der Waals surface area (Å²) in [5.41, 5.74) is 1.19. The molecule has 5 nitrogen and oxygen atoms in total. The maximum atomic E-state index is 11.7. The summed E-state index contributed by atoms with van der Waals surface area (Å²) in [5, 5.41) is 9.73. The number of ether oxygens (including phenoxy) is 1. The average molecular weight is 280 g/mol. The molecule has 0 aliphatic carbocycles. The van der Waals surface area contributed by atoms with Crippen molar-refractivity contribution in [1.82, 2.24) is 0 Å². The molecule has 5 heteroatoms. The fourth-order valence-electron chi connectivity index (χ4n) is 2.27. The highest BCUT2D eigenvalue weighted by atomic mass is 16.6. The van der Waals surface area contributed by atoms with E-state index in [1.807, 2.05) is 0 Å². The molecular formula is C16H8O5. The van der Waals surface area contributed by atoms with E-state index in [4.69, 9.17) is 5.11 Å². The van der Waals surface area contributed by atoms with Crippen molar-refractivity contribution in [2.24, 2.45) is 0 Å². The molecule has 1 aliphatic heterocycles. The normalized spacial score (nSPS) is 12.6. The Morgan fingerprint density at radius 1 is 1.10 bits per heavy atom. The van der Waals surface area contributed by atoms with Crippen molar-refractivity contribution < 1.29 is 24.2 Å². The SMILES string of the molecule is O=C(O)CC#Cc1ccc2c3c(cccc13)C(=O)OC2=O. The third-order valence-electron chi connectivity index (χ3n) is 3.13. The Labute approximate surface area is 119 Å². The maximum absolute atomic E-state index is 11.7. The van der Waals surface area contributed by atoms with Gasteiger partial charge >= 0.3 is 17.9 Å². The van der Waals surface area contributed by atoms with Crippen LogP contribution in [0.4, 0.5) is 0 Å². The number of hydrogen-bond donors (Lipinski definition) is 1. The molecular weight excluding hydrogens is 272 g/mol. The monoisotopic (exact) mass is 280 g/mol. The van der Waals surface area contributed by atoms with Gasteiger partial charge in [-0.05, 0) is 23.6 Å². The van der Waals surface area contributed by atoms with Crippen LogP contribution in [0.2, 0.25) is 0 Å². The van der Waals surface area contributed by atoms with E-state index in [2.05, 4.69) is 16.6 Å². The molecule has 0 saturated carbocycles. The number of carboxylic acids is 1. The van der Waals surface area contributed by atoms with E-state index >= 15 is 0 Å². The van der Waals surface area contributed by atoms with Gasteiger partial charge in [0.25, 0.3) is 0 Å². The van der Waals surface area contributed by atoms with Crippen LogP contribution in [0.5, 0.6) is 0 Å². The molecule has 1 heterocycles. The van der Waals surface area contributed by atoms with Crippen molar-refractivity contribution in [2.45, 2.75) is 6.42 Å². The zero-order valence-corrected chi connectivity index (χ0v) is 10.7. The van der Waals surface area contributed by atoms with Crippen LogP contribution in [0.15, 0.2) is 30.3 Å². The fourth-order valence-corrected chi connectivity index (χ4v) is 2.27. The number of rotatable bonds is 1. The third-order valence-corrected chi connectivity index (χ3v) is 3.13. The van der Waals surface area contributed by atoms with Gasteiger partial charge in [-0.3, -0.25) is 4.79 Å². The molecule has 0 unspecified atom stereocenters. The second-order valence-corrected chi connectivity index (χ2v) is 4.44. The summed E-state index contributed by atoms with van der Waals surface area (Å²) in [4.78, 5) is 34.0. The molecule has 0 atom stereocenters. The van der Waals surface area contributed by atoms with Gasteiger partial charge < -0.3 is 9.84 Å². The summed E-state index contributed by atoms with van der Waals surface area (Å²) >= 11 is 0. The predicted molar refractivity (Wildman–Crippen MR) is 72.8 cm³/mol. The van der Waals surface area contributed by atoms with Gasteiger partial charge in [0.15, 0.2) is 0 Å². The number of carboxylic acid groups (broad SMARTS) is 1. The third kappa shape index (κ3) is 2.13. The number of cyclic esters (lactones) is 2. The van der Waals surface area contributed by atoms with E-state index in [0.717, 1.165) is 0 Å². The van der Waals surface area contributed by atoms with Gasteiger partial charge in [0.05, 0.1) is 11.1 Å². The minimum atomic E-state index is -1.01. The van der Waals surface area contributed by atoms with Crippen LogP contribution in [0.1, 0.15) is 32.7 Å². The molecule has 2 aromatic rings. The molecule has 0 fully saturated rings. The first-order valence-electron chi connectivity index (χ1n) is 6.11. The largest absolute Gasteiger partial charge is 0.481 e. The van der Waals surface area contributed by atoms with Crippen LogP contribution >= 0.6 is 0 Å². The van der Waals surface area contributed by atoms with E-state index in [-0.39, 0.29) is 6.42 Å². The van der Waals surface area contributed by atoms with Crippen molar-refractivity contribution in [2.75, 3.05) is 0 Å². The lowest BCUT2D eigenvalue weighted by molar-refractivity contribution is -0.135. The van der Waals surface area contributed by atoms with Crippen LogP contribution in [0.25, 0.3) is 10.8 Å². The molecule has 0 aromatic heterocycles. The molecule has 0 amide bonds. The van der Waals surface area contributed by atoms with E-state index in [1.165, 1.54) is 6.07 Å². The summed E-state index contributed by atoms with van der Waals surface area (Å²) in [7, 11) is 0. The van der Waals surface area contributed by atoms with Gasteiger partial charge in [-0.15, -0.1) is 0 Å². The molecule has 102 valence electrons. The molecule has 0 saturated heterocycles. The van der Waals surface area contributed by atoms with Crippen LogP contribution < -0.4 is 0 Å². The van der Waals surface area contributed by atoms with Crippen molar-refractivity contribution in [3.8, 4) is 11.8 Å². The first-order chi connectivity index (χ1) is 10.1. The van der Waals surface area contributed by atoms with Gasteiger partial charge in [0.1, 0.15) is 6.42 Å². The van der Waals surface area contributed by atoms with E-state index < -0.39 is 17.9 Å². The second-order valence-electron chi connectivity index (χ2n) is 4.44. The summed E-state index contributed by atoms with van der Waals surface area (Å²) in [5.74, 6) is 2.91. The first-order valence-corrected chi connectivity index (χ1v) is 6.11. The van der Waals surface area contributed by atoms with Gasteiger partial charge in [0, 0.05) is 10.9 Å². The van der Waals surface area contributed by atoms with Crippen LogP contribution in [-0.4, -0.2) is 23.0 Å². The highest BCUT2D eigenvalue weighted by Gasteiger charge is 2.27. The lowest BCUT2D eigenvalue weighted by atomic mass is 9.94. The molecule has 3 rings (SSSR count). The second kappa shape index (κ2) is 4.76. The molecule has 2 aromatic carbocycles. The molecule has 1 N–H and O–H groups in total. The topological polar surface area (TPSA) is 80.7 Å². The summed E-state index contributed by atoms with van der Waals surface area (Å²) in [6.45, 7) is 0. The van der Waals surface area contributed by atoms with Crippen LogP contribution in [-0.2, 0) is 9.53 Å². The lowest BCUT2D eigenvalue weighted by Crippen LogP contribution is -2.19.